The first kappa shape index (κ1) is 13.1. The Kier molecular flexibility index (Phi) is 7.07. The Morgan fingerprint density at radius 3 is 2.86 bits per heavy atom. The lowest BCUT2D eigenvalue weighted by Crippen LogP contribution is -2.43. The summed E-state index contributed by atoms with van der Waals surface area (Å²) < 4.78 is 4.89. The van der Waals surface area contributed by atoms with Gasteiger partial charge in [0.05, 0.1) is 19.1 Å². The number of nitriles is 1. The normalized spacial score (nSPS) is 11.6. The second-order valence-electron chi connectivity index (χ2n) is 3.05. The molecule has 0 fully saturated rings. The molecule has 4 nitrogen and oxygen atoms in total. The number of nitrogens with zero attached hydrogens (tertiary/aromatic N) is 2. The fourth-order valence-electron chi connectivity index (χ4n) is 0.854. The number of hydrogen-bond acceptors (Lipinski definition) is 3. The number of methoxy groups -OCH3 is 1. The van der Waals surface area contributed by atoms with Crippen LogP contribution in [0.4, 0.5) is 0 Å². The minimum atomic E-state index is 0.141. The molecule has 80 valence electrons. The molecule has 0 spiro atoms. The maximum Gasteiger partial charge on any atom is 0.169 e. The van der Waals surface area contributed by atoms with Crippen molar-refractivity contribution in [3.8, 4) is 6.07 Å². The van der Waals surface area contributed by atoms with E-state index in [1.54, 1.807) is 7.11 Å². The molecule has 14 heavy (non-hydrogen) atoms. The summed E-state index contributed by atoms with van der Waals surface area (Å²) in [4.78, 5) is 1.88. The maximum atomic E-state index is 8.52. The zero-order chi connectivity index (χ0) is 11.0. The van der Waals surface area contributed by atoms with Crippen molar-refractivity contribution in [1.82, 2.24) is 10.2 Å². The van der Waals surface area contributed by atoms with Crippen LogP contribution in [0.2, 0.25) is 0 Å². The van der Waals surface area contributed by atoms with Gasteiger partial charge in [0.15, 0.2) is 5.11 Å². The monoisotopic (exact) mass is 215 g/mol. The van der Waals surface area contributed by atoms with Crippen LogP contribution >= 0.6 is 12.2 Å². The van der Waals surface area contributed by atoms with Gasteiger partial charge in [0.25, 0.3) is 0 Å². The first-order chi connectivity index (χ1) is 6.63. The molecule has 0 aromatic rings. The molecule has 1 atom stereocenters. The zero-order valence-corrected chi connectivity index (χ0v) is 9.73. The number of thiocarbonyl (C=S) groups is 1. The van der Waals surface area contributed by atoms with Crippen LogP contribution in [0.25, 0.3) is 0 Å². The molecule has 0 saturated carbocycles. The van der Waals surface area contributed by atoms with Crippen LogP contribution in [-0.4, -0.2) is 43.4 Å². The van der Waals surface area contributed by atoms with Crippen molar-refractivity contribution in [3.63, 3.8) is 0 Å². The highest BCUT2D eigenvalue weighted by molar-refractivity contribution is 7.80. The third-order valence-electron chi connectivity index (χ3n) is 1.95. The molecule has 0 heterocycles. The molecule has 0 saturated heterocycles. The van der Waals surface area contributed by atoms with Crippen molar-refractivity contribution in [2.24, 2.45) is 0 Å². The molecular formula is C9H17N3OS. The molecular weight excluding hydrogens is 198 g/mol. The molecule has 1 unspecified atom stereocenters. The van der Waals surface area contributed by atoms with Crippen LogP contribution in [0, 0.1) is 11.3 Å². The molecule has 0 bridgehead atoms. The highest BCUT2D eigenvalue weighted by Gasteiger charge is 2.10. The van der Waals surface area contributed by atoms with Crippen molar-refractivity contribution in [2.75, 3.05) is 27.3 Å². The topological polar surface area (TPSA) is 48.3 Å². The predicted molar refractivity (Wildman–Crippen MR) is 59.9 cm³/mol. The van der Waals surface area contributed by atoms with Gasteiger partial charge >= 0.3 is 0 Å². The first-order valence-electron chi connectivity index (χ1n) is 4.50. The van der Waals surface area contributed by atoms with Gasteiger partial charge in [0, 0.05) is 26.7 Å². The van der Waals surface area contributed by atoms with Crippen LogP contribution in [0.15, 0.2) is 0 Å². The summed E-state index contributed by atoms with van der Waals surface area (Å²) in [6, 6.07) is 2.26. The van der Waals surface area contributed by atoms with E-state index in [0.717, 1.165) is 0 Å². The fourth-order valence-corrected chi connectivity index (χ4v) is 1.14. The molecule has 0 aliphatic rings. The molecule has 0 rings (SSSR count). The lowest BCUT2D eigenvalue weighted by atomic mass is 10.2. The molecule has 0 aromatic carbocycles. The van der Waals surface area contributed by atoms with Gasteiger partial charge in [-0.3, -0.25) is 0 Å². The minimum absolute atomic E-state index is 0.141. The highest BCUT2D eigenvalue weighted by atomic mass is 32.1. The van der Waals surface area contributed by atoms with E-state index in [1.807, 2.05) is 18.9 Å². The summed E-state index contributed by atoms with van der Waals surface area (Å²) >= 11 is 5.13. The van der Waals surface area contributed by atoms with E-state index in [4.69, 9.17) is 22.2 Å². The Labute approximate surface area is 90.8 Å². The van der Waals surface area contributed by atoms with Gasteiger partial charge < -0.3 is 15.0 Å². The summed E-state index contributed by atoms with van der Waals surface area (Å²) in [5.74, 6) is 0. The van der Waals surface area contributed by atoms with Gasteiger partial charge in [0.1, 0.15) is 0 Å². The summed E-state index contributed by atoms with van der Waals surface area (Å²) in [6.07, 6.45) is 0.475. The van der Waals surface area contributed by atoms with E-state index in [-0.39, 0.29) is 6.04 Å². The fraction of sp³-hybridized carbons (Fsp3) is 0.778. The Hall–Kier alpha value is -0.860. The van der Waals surface area contributed by atoms with E-state index in [1.165, 1.54) is 0 Å². The van der Waals surface area contributed by atoms with Crippen LogP contribution in [0.5, 0.6) is 0 Å². The second-order valence-corrected chi connectivity index (χ2v) is 3.43. The third kappa shape index (κ3) is 5.00. The van der Waals surface area contributed by atoms with Crippen molar-refractivity contribution in [1.29, 1.82) is 5.26 Å². The third-order valence-corrected chi connectivity index (χ3v) is 2.38. The predicted octanol–water partition coefficient (Wildman–Crippen LogP) is 0.741. The lowest BCUT2D eigenvalue weighted by Gasteiger charge is -2.25. The smallest absolute Gasteiger partial charge is 0.169 e. The van der Waals surface area contributed by atoms with Gasteiger partial charge in [-0.25, -0.2) is 0 Å². The van der Waals surface area contributed by atoms with Crippen LogP contribution in [0.1, 0.15) is 13.3 Å². The average molecular weight is 215 g/mol. The van der Waals surface area contributed by atoms with E-state index >= 15 is 0 Å². The van der Waals surface area contributed by atoms with Crippen molar-refractivity contribution in [3.05, 3.63) is 0 Å². The molecule has 5 heteroatoms. The van der Waals surface area contributed by atoms with Crippen molar-refractivity contribution in [2.45, 2.75) is 19.4 Å². The Morgan fingerprint density at radius 1 is 1.71 bits per heavy atom. The Bertz CT molecular complexity index is 215. The standard InChI is InChI=1S/C9H17N3OS/c1-8(4-5-10)12(2)9(14)11-6-7-13-3/h8H,4,6-7H2,1-3H3,(H,11,14). The summed E-state index contributed by atoms with van der Waals surface area (Å²) in [5.41, 5.74) is 0. The summed E-state index contributed by atoms with van der Waals surface area (Å²) in [5, 5.41) is 12.2. The molecule has 0 radical (unpaired) electrons. The van der Waals surface area contributed by atoms with E-state index in [9.17, 15) is 0 Å². The van der Waals surface area contributed by atoms with Crippen LogP contribution in [-0.2, 0) is 4.74 Å². The average Bonchev–Trinajstić information content (AvgIpc) is 2.17. The first-order valence-corrected chi connectivity index (χ1v) is 4.90. The van der Waals surface area contributed by atoms with Crippen molar-refractivity contribution < 1.29 is 4.74 Å². The number of nitrogens with one attached hydrogen (secondary N) is 1. The number of hydrogen-bond donors (Lipinski definition) is 1. The maximum absolute atomic E-state index is 8.52. The Morgan fingerprint density at radius 2 is 2.36 bits per heavy atom. The van der Waals surface area contributed by atoms with Gasteiger partial charge in [0.2, 0.25) is 0 Å². The van der Waals surface area contributed by atoms with Crippen molar-refractivity contribution >= 4 is 17.3 Å². The molecule has 1 N–H and O–H groups in total. The van der Waals surface area contributed by atoms with Crippen LogP contribution in [0.3, 0.4) is 0 Å². The zero-order valence-electron chi connectivity index (χ0n) is 8.91. The van der Waals surface area contributed by atoms with Gasteiger partial charge in [-0.1, -0.05) is 0 Å². The van der Waals surface area contributed by atoms with Gasteiger partial charge in [-0.15, -0.1) is 0 Å². The van der Waals surface area contributed by atoms with E-state index < -0.39 is 0 Å². The largest absolute Gasteiger partial charge is 0.383 e. The molecule has 0 aromatic heterocycles. The van der Waals surface area contributed by atoms with Gasteiger partial charge in [-0.2, -0.15) is 5.26 Å². The van der Waals surface area contributed by atoms with E-state index in [2.05, 4.69) is 11.4 Å². The summed E-state index contributed by atoms with van der Waals surface area (Å²) in [7, 11) is 3.52. The summed E-state index contributed by atoms with van der Waals surface area (Å²) in [6.45, 7) is 3.28. The molecule has 0 aliphatic heterocycles. The minimum Gasteiger partial charge on any atom is -0.383 e. The lowest BCUT2D eigenvalue weighted by molar-refractivity contribution is 0.202. The molecule has 0 aliphatic carbocycles. The van der Waals surface area contributed by atoms with E-state index in [0.29, 0.717) is 24.7 Å². The number of ether oxygens (including phenoxy) is 1. The molecule has 0 amide bonds. The number of rotatable bonds is 5. The quantitative estimate of drug-likeness (QED) is 0.541. The Balaban J connectivity index is 3.81. The van der Waals surface area contributed by atoms with Gasteiger partial charge in [-0.05, 0) is 19.1 Å². The highest BCUT2D eigenvalue weighted by Crippen LogP contribution is 1.99. The SMILES string of the molecule is COCCNC(=S)N(C)C(C)CC#N. The second kappa shape index (κ2) is 7.54. The van der Waals surface area contributed by atoms with Crippen LogP contribution < -0.4 is 5.32 Å².